The fourth-order valence-electron chi connectivity index (χ4n) is 1.90. The lowest BCUT2D eigenvalue weighted by atomic mass is 10.3. The Balaban J connectivity index is 1.78. The number of aromatic nitrogens is 4. The maximum atomic E-state index is 4.43. The van der Waals surface area contributed by atoms with Gasteiger partial charge in [-0.2, -0.15) is 10.2 Å². The van der Waals surface area contributed by atoms with Gasteiger partial charge < -0.3 is 5.32 Å². The maximum absolute atomic E-state index is 4.43. The molecule has 0 saturated carbocycles. The lowest BCUT2D eigenvalue weighted by molar-refractivity contribution is 0.573. The molecular weight excluding hydrogens is 226 g/mol. The molecule has 0 unspecified atom stereocenters. The molecule has 0 aliphatic rings. The van der Waals surface area contributed by atoms with E-state index in [1.54, 1.807) is 6.20 Å². The summed E-state index contributed by atoms with van der Waals surface area (Å²) in [6.07, 6.45) is 2.76. The van der Waals surface area contributed by atoms with Gasteiger partial charge in [-0.15, -0.1) is 5.10 Å². The standard InChI is InChI=1S/C13H19N5/c1-10-7-13(16-15-9-10)14-5-4-6-18-12(3)8-11(2)17-18/h7-9H,4-6H2,1-3H3,(H,14,16). The molecule has 18 heavy (non-hydrogen) atoms. The molecular formula is C13H19N5. The molecule has 2 rings (SSSR count). The first kappa shape index (κ1) is 12.5. The van der Waals surface area contributed by atoms with Crippen LogP contribution in [0.15, 0.2) is 18.3 Å². The van der Waals surface area contributed by atoms with Crippen LogP contribution in [0.5, 0.6) is 0 Å². The molecule has 1 N–H and O–H groups in total. The van der Waals surface area contributed by atoms with Gasteiger partial charge in [0.05, 0.1) is 11.9 Å². The first-order chi connectivity index (χ1) is 8.65. The predicted octanol–water partition coefficient (Wildman–Crippen LogP) is 2.10. The first-order valence-corrected chi connectivity index (χ1v) is 6.19. The molecule has 0 saturated heterocycles. The van der Waals surface area contributed by atoms with E-state index in [2.05, 4.69) is 33.6 Å². The minimum absolute atomic E-state index is 0.836. The van der Waals surface area contributed by atoms with Crippen molar-refractivity contribution in [3.8, 4) is 0 Å². The van der Waals surface area contributed by atoms with Crippen molar-refractivity contribution in [2.75, 3.05) is 11.9 Å². The molecule has 2 aromatic heterocycles. The lowest BCUT2D eigenvalue weighted by Gasteiger charge is -2.06. The second-order valence-electron chi connectivity index (χ2n) is 4.55. The van der Waals surface area contributed by atoms with E-state index in [0.29, 0.717) is 0 Å². The average molecular weight is 245 g/mol. The van der Waals surface area contributed by atoms with Gasteiger partial charge in [0.15, 0.2) is 0 Å². The number of nitrogens with zero attached hydrogens (tertiary/aromatic N) is 4. The number of anilines is 1. The summed E-state index contributed by atoms with van der Waals surface area (Å²) in [6.45, 7) is 7.90. The van der Waals surface area contributed by atoms with E-state index in [1.807, 2.05) is 24.6 Å². The molecule has 0 atom stereocenters. The van der Waals surface area contributed by atoms with E-state index in [4.69, 9.17) is 0 Å². The largest absolute Gasteiger partial charge is 0.369 e. The molecule has 5 heteroatoms. The maximum Gasteiger partial charge on any atom is 0.148 e. The van der Waals surface area contributed by atoms with Crippen LogP contribution in [0.25, 0.3) is 0 Å². The van der Waals surface area contributed by atoms with Gasteiger partial charge in [-0.1, -0.05) is 0 Å². The highest BCUT2D eigenvalue weighted by Gasteiger charge is 2.00. The van der Waals surface area contributed by atoms with Crippen molar-refractivity contribution in [2.45, 2.75) is 33.7 Å². The highest BCUT2D eigenvalue weighted by molar-refractivity contribution is 5.34. The van der Waals surface area contributed by atoms with Crippen molar-refractivity contribution in [3.05, 3.63) is 35.3 Å². The van der Waals surface area contributed by atoms with Crippen molar-refractivity contribution in [2.24, 2.45) is 0 Å². The number of rotatable bonds is 5. The minimum Gasteiger partial charge on any atom is -0.369 e. The molecule has 0 fully saturated rings. The van der Waals surface area contributed by atoms with E-state index < -0.39 is 0 Å². The summed E-state index contributed by atoms with van der Waals surface area (Å²) in [5, 5.41) is 15.6. The highest BCUT2D eigenvalue weighted by Crippen LogP contribution is 2.05. The van der Waals surface area contributed by atoms with Crippen molar-refractivity contribution < 1.29 is 0 Å². The summed E-state index contributed by atoms with van der Waals surface area (Å²) in [4.78, 5) is 0. The van der Waals surface area contributed by atoms with Gasteiger partial charge in [-0.25, -0.2) is 0 Å². The third-order valence-electron chi connectivity index (χ3n) is 2.75. The fraction of sp³-hybridized carbons (Fsp3) is 0.462. The van der Waals surface area contributed by atoms with Crippen LogP contribution >= 0.6 is 0 Å². The molecule has 2 aromatic rings. The Morgan fingerprint density at radius 2 is 2.06 bits per heavy atom. The summed E-state index contributed by atoms with van der Waals surface area (Å²) in [5.74, 6) is 0.836. The summed E-state index contributed by atoms with van der Waals surface area (Å²) in [5.41, 5.74) is 3.40. The number of nitrogens with one attached hydrogen (secondary N) is 1. The molecule has 5 nitrogen and oxygen atoms in total. The Morgan fingerprint density at radius 3 is 2.72 bits per heavy atom. The van der Waals surface area contributed by atoms with Gasteiger partial charge in [-0.05, 0) is 44.9 Å². The zero-order valence-corrected chi connectivity index (χ0v) is 11.1. The molecule has 0 aliphatic carbocycles. The second kappa shape index (κ2) is 5.62. The van der Waals surface area contributed by atoms with Crippen LogP contribution in [0.4, 0.5) is 5.82 Å². The smallest absolute Gasteiger partial charge is 0.148 e. The summed E-state index contributed by atoms with van der Waals surface area (Å²) >= 11 is 0. The van der Waals surface area contributed by atoms with E-state index in [0.717, 1.165) is 36.6 Å². The monoisotopic (exact) mass is 245 g/mol. The molecule has 96 valence electrons. The Hall–Kier alpha value is -1.91. The van der Waals surface area contributed by atoms with E-state index in [1.165, 1.54) is 5.69 Å². The molecule has 0 amide bonds. The molecule has 0 spiro atoms. The molecule has 0 aliphatic heterocycles. The normalized spacial score (nSPS) is 10.6. The average Bonchev–Trinajstić information content (AvgIpc) is 2.64. The van der Waals surface area contributed by atoms with E-state index in [9.17, 15) is 0 Å². The van der Waals surface area contributed by atoms with Crippen molar-refractivity contribution >= 4 is 5.82 Å². The van der Waals surface area contributed by atoms with Gasteiger partial charge in [0.25, 0.3) is 0 Å². The summed E-state index contributed by atoms with van der Waals surface area (Å²) in [6, 6.07) is 4.09. The van der Waals surface area contributed by atoms with Crippen molar-refractivity contribution in [1.82, 2.24) is 20.0 Å². The molecule has 2 heterocycles. The summed E-state index contributed by atoms with van der Waals surface area (Å²) < 4.78 is 2.04. The van der Waals surface area contributed by atoms with E-state index >= 15 is 0 Å². The number of aryl methyl sites for hydroxylation is 4. The predicted molar refractivity (Wildman–Crippen MR) is 71.6 cm³/mol. The number of hydrogen-bond donors (Lipinski definition) is 1. The topological polar surface area (TPSA) is 55.6 Å². The van der Waals surface area contributed by atoms with Crippen LogP contribution in [0.1, 0.15) is 23.4 Å². The Kier molecular flexibility index (Phi) is 3.92. The van der Waals surface area contributed by atoms with E-state index in [-0.39, 0.29) is 0 Å². The van der Waals surface area contributed by atoms with Gasteiger partial charge in [0.2, 0.25) is 0 Å². The zero-order valence-electron chi connectivity index (χ0n) is 11.1. The van der Waals surface area contributed by atoms with Gasteiger partial charge in [-0.3, -0.25) is 4.68 Å². The molecule has 0 radical (unpaired) electrons. The Labute approximate surface area is 107 Å². The minimum atomic E-state index is 0.836. The van der Waals surface area contributed by atoms with Crippen LogP contribution in [0, 0.1) is 20.8 Å². The highest BCUT2D eigenvalue weighted by atomic mass is 15.3. The third-order valence-corrected chi connectivity index (χ3v) is 2.75. The van der Waals surface area contributed by atoms with Crippen LogP contribution in [-0.4, -0.2) is 26.5 Å². The SMILES string of the molecule is Cc1cnnc(NCCCn2nc(C)cc2C)c1. The quantitative estimate of drug-likeness (QED) is 0.820. The van der Waals surface area contributed by atoms with Crippen molar-refractivity contribution in [3.63, 3.8) is 0 Å². The molecule has 0 bridgehead atoms. The fourth-order valence-corrected chi connectivity index (χ4v) is 1.90. The van der Waals surface area contributed by atoms with Gasteiger partial charge in [0.1, 0.15) is 5.82 Å². The van der Waals surface area contributed by atoms with Crippen LogP contribution in [0.3, 0.4) is 0 Å². The third kappa shape index (κ3) is 3.29. The second-order valence-corrected chi connectivity index (χ2v) is 4.55. The first-order valence-electron chi connectivity index (χ1n) is 6.19. The van der Waals surface area contributed by atoms with Crippen LogP contribution in [-0.2, 0) is 6.54 Å². The lowest BCUT2D eigenvalue weighted by Crippen LogP contribution is -2.10. The molecule has 0 aromatic carbocycles. The Morgan fingerprint density at radius 1 is 1.22 bits per heavy atom. The Bertz CT molecular complexity index is 518. The number of hydrogen-bond acceptors (Lipinski definition) is 4. The zero-order chi connectivity index (χ0) is 13.0. The van der Waals surface area contributed by atoms with Crippen LogP contribution < -0.4 is 5.32 Å². The van der Waals surface area contributed by atoms with Crippen molar-refractivity contribution in [1.29, 1.82) is 0 Å². The van der Waals surface area contributed by atoms with Gasteiger partial charge in [0, 0.05) is 18.8 Å². The van der Waals surface area contributed by atoms with Crippen LogP contribution in [0.2, 0.25) is 0 Å². The summed E-state index contributed by atoms with van der Waals surface area (Å²) in [7, 11) is 0. The van der Waals surface area contributed by atoms with Gasteiger partial charge >= 0.3 is 0 Å².